The van der Waals surface area contributed by atoms with E-state index in [9.17, 15) is 8.78 Å². The molecule has 3 N–H and O–H groups in total. The van der Waals surface area contributed by atoms with Gasteiger partial charge in [0.25, 0.3) is 0 Å². The van der Waals surface area contributed by atoms with E-state index < -0.39 is 6.61 Å². The lowest BCUT2D eigenvalue weighted by Crippen LogP contribution is -2.05. The first-order valence-corrected chi connectivity index (χ1v) is 6.16. The number of nitrogens with two attached hydrogens (primary N) is 1. The quantitative estimate of drug-likeness (QED) is 0.884. The van der Waals surface area contributed by atoms with Gasteiger partial charge in [0.1, 0.15) is 5.75 Å². The van der Waals surface area contributed by atoms with Crippen LogP contribution in [0.4, 0.5) is 26.0 Å². The Hall–Kier alpha value is -2.31. The summed E-state index contributed by atoms with van der Waals surface area (Å²) in [5.74, 6) is 0.797. The van der Waals surface area contributed by atoms with Crippen LogP contribution < -0.4 is 15.8 Å². The van der Waals surface area contributed by atoms with Crippen LogP contribution in [0.3, 0.4) is 0 Å². The molecule has 108 valence electrons. The average molecular weight is 282 g/mol. The Bertz CT molecular complexity index is 581. The van der Waals surface area contributed by atoms with E-state index in [4.69, 9.17) is 5.73 Å². The zero-order valence-corrected chi connectivity index (χ0v) is 11.2. The minimum absolute atomic E-state index is 0.110. The highest BCUT2D eigenvalue weighted by Crippen LogP contribution is 2.27. The van der Waals surface area contributed by atoms with Gasteiger partial charge < -0.3 is 15.8 Å². The first-order valence-electron chi connectivity index (χ1n) is 6.16. The third kappa shape index (κ3) is 2.98. The van der Waals surface area contributed by atoms with Crippen LogP contribution in [0.25, 0.3) is 0 Å². The highest BCUT2D eigenvalue weighted by atomic mass is 19.3. The van der Waals surface area contributed by atoms with Gasteiger partial charge in [0, 0.05) is 12.2 Å². The van der Waals surface area contributed by atoms with E-state index in [0.717, 1.165) is 5.69 Å². The number of aryl methyl sites for hydroxylation is 2. The van der Waals surface area contributed by atoms with Gasteiger partial charge in [-0.25, -0.2) is 4.68 Å². The molecule has 7 heteroatoms. The molecule has 2 aromatic rings. The minimum Gasteiger partial charge on any atom is -0.435 e. The van der Waals surface area contributed by atoms with Gasteiger partial charge in [-0.05, 0) is 38.1 Å². The molecule has 0 saturated heterocycles. The summed E-state index contributed by atoms with van der Waals surface area (Å²) < 4.78 is 30.1. The maximum absolute atomic E-state index is 12.1. The minimum atomic E-state index is -2.83. The number of benzene rings is 1. The van der Waals surface area contributed by atoms with Gasteiger partial charge >= 0.3 is 6.61 Å². The van der Waals surface area contributed by atoms with Crippen molar-refractivity contribution >= 4 is 17.2 Å². The predicted molar refractivity (Wildman–Crippen MR) is 73.4 cm³/mol. The molecular formula is C13H16F2N4O. The topological polar surface area (TPSA) is 65.1 Å². The largest absolute Gasteiger partial charge is 0.435 e. The molecule has 0 radical (unpaired) electrons. The molecule has 0 amide bonds. The number of halogens is 2. The number of aromatic nitrogens is 2. The van der Waals surface area contributed by atoms with Gasteiger partial charge in [-0.1, -0.05) is 0 Å². The first-order chi connectivity index (χ1) is 9.51. The van der Waals surface area contributed by atoms with Crippen LogP contribution in [-0.4, -0.2) is 16.4 Å². The SMILES string of the molecule is CCn1nc(C)c(N)c1Nc1ccc(OC(F)F)cc1. The lowest BCUT2D eigenvalue weighted by Gasteiger charge is -2.10. The highest BCUT2D eigenvalue weighted by molar-refractivity contribution is 5.71. The van der Waals surface area contributed by atoms with Crippen molar-refractivity contribution in [1.82, 2.24) is 9.78 Å². The number of hydrogen-bond donors (Lipinski definition) is 2. The van der Waals surface area contributed by atoms with Crippen LogP contribution in [0.1, 0.15) is 12.6 Å². The molecule has 0 aliphatic carbocycles. The number of ether oxygens (including phenoxy) is 1. The molecule has 20 heavy (non-hydrogen) atoms. The van der Waals surface area contributed by atoms with Gasteiger partial charge in [0.2, 0.25) is 0 Å². The Morgan fingerprint density at radius 3 is 2.55 bits per heavy atom. The van der Waals surface area contributed by atoms with E-state index in [-0.39, 0.29) is 5.75 Å². The van der Waals surface area contributed by atoms with Crippen molar-refractivity contribution in [3.05, 3.63) is 30.0 Å². The van der Waals surface area contributed by atoms with Crippen LogP contribution in [0, 0.1) is 6.92 Å². The fourth-order valence-electron chi connectivity index (χ4n) is 1.81. The molecule has 1 aromatic carbocycles. The van der Waals surface area contributed by atoms with Gasteiger partial charge in [-0.2, -0.15) is 13.9 Å². The van der Waals surface area contributed by atoms with E-state index in [1.165, 1.54) is 12.1 Å². The maximum Gasteiger partial charge on any atom is 0.387 e. The van der Waals surface area contributed by atoms with Crippen molar-refractivity contribution in [2.24, 2.45) is 0 Å². The van der Waals surface area contributed by atoms with Crippen LogP contribution in [0.2, 0.25) is 0 Å². The Morgan fingerprint density at radius 1 is 1.35 bits per heavy atom. The Kier molecular flexibility index (Phi) is 4.07. The molecule has 0 aliphatic heterocycles. The van der Waals surface area contributed by atoms with Gasteiger partial charge in [0.05, 0.1) is 11.4 Å². The summed E-state index contributed by atoms with van der Waals surface area (Å²) in [5, 5.41) is 7.41. The van der Waals surface area contributed by atoms with E-state index in [1.54, 1.807) is 16.8 Å². The number of nitrogen functional groups attached to an aromatic ring is 1. The third-order valence-corrected chi connectivity index (χ3v) is 2.82. The zero-order chi connectivity index (χ0) is 14.7. The van der Waals surface area contributed by atoms with Crippen molar-refractivity contribution in [2.45, 2.75) is 27.0 Å². The molecule has 0 unspecified atom stereocenters. The van der Waals surface area contributed by atoms with Crippen molar-refractivity contribution < 1.29 is 13.5 Å². The lowest BCUT2D eigenvalue weighted by molar-refractivity contribution is -0.0498. The second-order valence-electron chi connectivity index (χ2n) is 4.19. The summed E-state index contributed by atoms with van der Waals surface area (Å²) in [6, 6.07) is 6.20. The second-order valence-corrected chi connectivity index (χ2v) is 4.19. The molecule has 5 nitrogen and oxygen atoms in total. The summed E-state index contributed by atoms with van der Waals surface area (Å²) in [4.78, 5) is 0. The summed E-state index contributed by atoms with van der Waals surface area (Å²) in [5.41, 5.74) is 7.98. The molecule has 0 fully saturated rings. The highest BCUT2D eigenvalue weighted by Gasteiger charge is 2.11. The lowest BCUT2D eigenvalue weighted by atomic mass is 10.3. The number of hydrogen-bond acceptors (Lipinski definition) is 4. The number of anilines is 3. The van der Waals surface area contributed by atoms with Crippen molar-refractivity contribution in [1.29, 1.82) is 0 Å². The number of rotatable bonds is 5. The van der Waals surface area contributed by atoms with E-state index in [2.05, 4.69) is 15.2 Å². The van der Waals surface area contributed by atoms with Crippen LogP contribution in [0.5, 0.6) is 5.75 Å². The molecule has 0 spiro atoms. The molecule has 0 aliphatic rings. The summed E-state index contributed by atoms with van der Waals surface area (Å²) in [6.45, 7) is 1.63. The fraction of sp³-hybridized carbons (Fsp3) is 0.308. The molecule has 1 heterocycles. The van der Waals surface area contributed by atoms with Crippen LogP contribution in [-0.2, 0) is 6.54 Å². The summed E-state index contributed by atoms with van der Waals surface area (Å²) in [7, 11) is 0. The maximum atomic E-state index is 12.1. The summed E-state index contributed by atoms with van der Waals surface area (Å²) >= 11 is 0. The average Bonchev–Trinajstić information content (AvgIpc) is 2.68. The predicted octanol–water partition coefficient (Wildman–Crippen LogP) is 3.14. The standard InChI is InChI=1S/C13H16F2N4O/c1-3-19-12(11(16)8(2)18-19)17-9-4-6-10(7-5-9)20-13(14)15/h4-7,13,17H,3,16H2,1-2H3. The Morgan fingerprint density at radius 2 is 2.00 bits per heavy atom. The second kappa shape index (κ2) is 5.77. The van der Waals surface area contributed by atoms with Gasteiger partial charge in [-0.3, -0.25) is 0 Å². The van der Waals surface area contributed by atoms with Crippen molar-refractivity contribution in [2.75, 3.05) is 11.1 Å². The molecule has 0 atom stereocenters. The van der Waals surface area contributed by atoms with Gasteiger partial charge in [0.15, 0.2) is 5.82 Å². The number of nitrogens with zero attached hydrogens (tertiary/aromatic N) is 2. The van der Waals surface area contributed by atoms with E-state index in [1.807, 2.05) is 13.8 Å². The molecule has 1 aromatic heterocycles. The van der Waals surface area contributed by atoms with Crippen LogP contribution in [0.15, 0.2) is 24.3 Å². The number of nitrogens with one attached hydrogen (secondary N) is 1. The van der Waals surface area contributed by atoms with E-state index >= 15 is 0 Å². The Balaban J connectivity index is 2.18. The number of alkyl halides is 2. The van der Waals surface area contributed by atoms with E-state index in [0.29, 0.717) is 23.7 Å². The molecule has 0 saturated carbocycles. The molecule has 2 rings (SSSR count). The molecular weight excluding hydrogens is 266 g/mol. The first kappa shape index (κ1) is 14.1. The smallest absolute Gasteiger partial charge is 0.387 e. The fourth-order valence-corrected chi connectivity index (χ4v) is 1.81. The van der Waals surface area contributed by atoms with Crippen molar-refractivity contribution in [3.63, 3.8) is 0 Å². The van der Waals surface area contributed by atoms with Crippen LogP contribution >= 0.6 is 0 Å². The zero-order valence-electron chi connectivity index (χ0n) is 11.2. The Labute approximate surface area is 115 Å². The monoisotopic (exact) mass is 282 g/mol. The van der Waals surface area contributed by atoms with Gasteiger partial charge in [-0.15, -0.1) is 0 Å². The van der Waals surface area contributed by atoms with Crippen molar-refractivity contribution in [3.8, 4) is 5.75 Å². The summed E-state index contributed by atoms with van der Waals surface area (Å²) in [6.07, 6.45) is 0. The third-order valence-electron chi connectivity index (χ3n) is 2.82. The normalized spacial score (nSPS) is 10.8. The molecule has 0 bridgehead atoms.